The number of carbonyl (C=O) groups excluding carboxylic acids is 1. The van der Waals surface area contributed by atoms with Gasteiger partial charge in [0.1, 0.15) is 12.1 Å². The van der Waals surface area contributed by atoms with E-state index in [1.807, 2.05) is 12.1 Å². The highest BCUT2D eigenvalue weighted by Crippen LogP contribution is 2.33. The highest BCUT2D eigenvalue weighted by atomic mass is 19.1. The van der Waals surface area contributed by atoms with Gasteiger partial charge in [-0.15, -0.1) is 0 Å². The number of amides is 1. The second-order valence-electron chi connectivity index (χ2n) is 10.6. The molecule has 0 spiro atoms. The minimum atomic E-state index is -0.512. The van der Waals surface area contributed by atoms with Gasteiger partial charge < -0.3 is 15.5 Å². The van der Waals surface area contributed by atoms with Crippen LogP contribution in [-0.2, 0) is 4.79 Å². The van der Waals surface area contributed by atoms with Gasteiger partial charge in [0, 0.05) is 68.4 Å². The Hall–Kier alpha value is -3.33. The molecule has 3 fully saturated rings. The highest BCUT2D eigenvalue weighted by Gasteiger charge is 2.36. The Balaban J connectivity index is 1.10. The molecule has 8 nitrogen and oxygen atoms in total. The molecule has 2 aliphatic carbocycles. The minimum absolute atomic E-state index is 0.320. The van der Waals surface area contributed by atoms with Crippen molar-refractivity contribution in [2.45, 2.75) is 50.6 Å². The Bertz CT molecular complexity index is 1280. The van der Waals surface area contributed by atoms with Crippen LogP contribution >= 0.6 is 0 Å². The third-order valence-corrected chi connectivity index (χ3v) is 8.18. The first kappa shape index (κ1) is 24.0. The molecule has 1 saturated heterocycles. The molecule has 3 aromatic rings. The number of carbonyl (C=O) groups is 1. The Labute approximate surface area is 216 Å². The fourth-order valence-corrected chi connectivity index (χ4v) is 5.81. The van der Waals surface area contributed by atoms with Crippen molar-refractivity contribution in [2.75, 3.05) is 43.9 Å². The molecule has 3 heterocycles. The molecular formula is C28H34FN7O. The standard InChI is InChI=1S/C28H34FN7O/c1-30-25-15-20(16-31-26(25)29)19-4-9-24-23(14-19)27(33-17-32-24)34-21-5-7-22(8-6-21)35-10-12-36(13-11-35)28(37)18-2-3-18/h4,9,14-18,21-22,30H,2-3,5-8,10-13H2,1H3,(H,32,33,34). The number of halogens is 1. The van der Waals surface area contributed by atoms with Crippen LogP contribution in [0.5, 0.6) is 0 Å². The number of hydrogen-bond donors (Lipinski definition) is 2. The number of aromatic nitrogens is 3. The molecule has 37 heavy (non-hydrogen) atoms. The lowest BCUT2D eigenvalue weighted by molar-refractivity contribution is -0.134. The minimum Gasteiger partial charge on any atom is -0.384 e. The molecule has 9 heteroatoms. The smallest absolute Gasteiger partial charge is 0.236 e. The zero-order valence-electron chi connectivity index (χ0n) is 21.3. The van der Waals surface area contributed by atoms with Crippen molar-refractivity contribution >= 4 is 28.3 Å². The second kappa shape index (κ2) is 10.2. The summed E-state index contributed by atoms with van der Waals surface area (Å²) in [7, 11) is 1.69. The van der Waals surface area contributed by atoms with Gasteiger partial charge in [-0.3, -0.25) is 9.69 Å². The largest absolute Gasteiger partial charge is 0.384 e. The third kappa shape index (κ3) is 5.09. The van der Waals surface area contributed by atoms with Crippen molar-refractivity contribution in [3.05, 3.63) is 42.7 Å². The maximum Gasteiger partial charge on any atom is 0.236 e. The topological polar surface area (TPSA) is 86.3 Å². The first-order valence-electron chi connectivity index (χ1n) is 13.5. The number of rotatable bonds is 6. The number of pyridine rings is 1. The predicted octanol–water partition coefficient (Wildman–Crippen LogP) is 4.15. The van der Waals surface area contributed by atoms with E-state index >= 15 is 0 Å². The maximum absolute atomic E-state index is 13.9. The maximum atomic E-state index is 13.9. The summed E-state index contributed by atoms with van der Waals surface area (Å²) in [4.78, 5) is 30.0. The molecule has 0 unspecified atom stereocenters. The third-order valence-electron chi connectivity index (χ3n) is 8.18. The molecule has 0 radical (unpaired) electrons. The van der Waals surface area contributed by atoms with E-state index < -0.39 is 5.95 Å². The van der Waals surface area contributed by atoms with E-state index in [4.69, 9.17) is 0 Å². The number of benzene rings is 1. The normalized spacial score (nSPS) is 22.7. The molecule has 2 N–H and O–H groups in total. The Morgan fingerprint density at radius 1 is 0.946 bits per heavy atom. The summed E-state index contributed by atoms with van der Waals surface area (Å²) in [6.07, 6.45) is 9.80. The number of nitrogens with zero attached hydrogens (tertiary/aromatic N) is 5. The summed E-state index contributed by atoms with van der Waals surface area (Å²) < 4.78 is 13.9. The zero-order chi connectivity index (χ0) is 25.4. The van der Waals surface area contributed by atoms with E-state index in [2.05, 4.69) is 41.5 Å². The SMILES string of the molecule is CNc1cc(-c2ccc3ncnc(NC4CCC(N5CCN(C(=O)C6CC6)CC5)CC4)c3c2)cnc1F. The fourth-order valence-electron chi connectivity index (χ4n) is 5.81. The number of fused-ring (bicyclic) bond motifs is 1. The summed E-state index contributed by atoms with van der Waals surface area (Å²) in [6, 6.07) is 8.74. The molecule has 2 aromatic heterocycles. The summed E-state index contributed by atoms with van der Waals surface area (Å²) in [6.45, 7) is 3.74. The Kier molecular flexibility index (Phi) is 6.63. The summed E-state index contributed by atoms with van der Waals surface area (Å²) >= 11 is 0. The van der Waals surface area contributed by atoms with Gasteiger partial charge in [-0.1, -0.05) is 6.07 Å². The quantitative estimate of drug-likeness (QED) is 0.489. The molecule has 2 saturated carbocycles. The summed E-state index contributed by atoms with van der Waals surface area (Å²) in [5, 5.41) is 7.50. The summed E-state index contributed by atoms with van der Waals surface area (Å²) in [5.74, 6) is 1.03. The van der Waals surface area contributed by atoms with E-state index in [9.17, 15) is 9.18 Å². The van der Waals surface area contributed by atoms with Crippen LogP contribution in [0.15, 0.2) is 36.8 Å². The van der Waals surface area contributed by atoms with Crippen LogP contribution in [0.25, 0.3) is 22.0 Å². The van der Waals surface area contributed by atoms with E-state index in [0.717, 1.165) is 92.6 Å². The lowest BCUT2D eigenvalue weighted by Gasteiger charge is -2.42. The number of nitrogens with one attached hydrogen (secondary N) is 2. The van der Waals surface area contributed by atoms with Gasteiger partial charge in [-0.25, -0.2) is 15.0 Å². The van der Waals surface area contributed by atoms with Gasteiger partial charge >= 0.3 is 0 Å². The molecule has 0 atom stereocenters. The van der Waals surface area contributed by atoms with Crippen molar-refractivity contribution in [1.82, 2.24) is 24.8 Å². The van der Waals surface area contributed by atoms with E-state index in [0.29, 0.717) is 29.6 Å². The van der Waals surface area contributed by atoms with Crippen LogP contribution in [0.4, 0.5) is 15.9 Å². The number of piperazine rings is 1. The van der Waals surface area contributed by atoms with Crippen LogP contribution in [-0.4, -0.2) is 76.0 Å². The molecule has 1 amide bonds. The molecule has 194 valence electrons. The lowest BCUT2D eigenvalue weighted by Crippen LogP contribution is -2.53. The van der Waals surface area contributed by atoms with Gasteiger partial charge in [0.15, 0.2) is 0 Å². The van der Waals surface area contributed by atoms with Gasteiger partial charge in [0.2, 0.25) is 11.9 Å². The van der Waals surface area contributed by atoms with Crippen LogP contribution < -0.4 is 10.6 Å². The van der Waals surface area contributed by atoms with Crippen LogP contribution in [0, 0.1) is 11.9 Å². The molecule has 3 aliphatic rings. The van der Waals surface area contributed by atoms with Crippen LogP contribution in [0.2, 0.25) is 0 Å². The van der Waals surface area contributed by atoms with Gasteiger partial charge in [0.25, 0.3) is 0 Å². The molecular weight excluding hydrogens is 469 g/mol. The monoisotopic (exact) mass is 503 g/mol. The van der Waals surface area contributed by atoms with Crippen molar-refractivity contribution in [1.29, 1.82) is 0 Å². The average molecular weight is 504 g/mol. The van der Waals surface area contributed by atoms with Crippen molar-refractivity contribution in [3.63, 3.8) is 0 Å². The first-order valence-corrected chi connectivity index (χ1v) is 13.5. The lowest BCUT2D eigenvalue weighted by atomic mass is 9.89. The molecule has 1 aliphatic heterocycles. The number of anilines is 2. The molecule has 1 aromatic carbocycles. The van der Waals surface area contributed by atoms with Crippen molar-refractivity contribution < 1.29 is 9.18 Å². The molecule has 6 rings (SSSR count). The molecule has 0 bridgehead atoms. The number of hydrogen-bond acceptors (Lipinski definition) is 7. The predicted molar refractivity (Wildman–Crippen MR) is 143 cm³/mol. The van der Waals surface area contributed by atoms with Gasteiger partial charge in [-0.05, 0) is 62.3 Å². The Morgan fingerprint density at radius 2 is 1.73 bits per heavy atom. The fraction of sp³-hybridized carbons (Fsp3) is 0.500. The Morgan fingerprint density at radius 3 is 2.46 bits per heavy atom. The van der Waals surface area contributed by atoms with Gasteiger partial charge in [-0.2, -0.15) is 4.39 Å². The van der Waals surface area contributed by atoms with E-state index in [-0.39, 0.29) is 0 Å². The first-order chi connectivity index (χ1) is 18.1. The van der Waals surface area contributed by atoms with Crippen molar-refractivity contribution in [3.8, 4) is 11.1 Å². The van der Waals surface area contributed by atoms with Crippen molar-refractivity contribution in [2.24, 2.45) is 5.92 Å². The van der Waals surface area contributed by atoms with Crippen LogP contribution in [0.1, 0.15) is 38.5 Å². The van der Waals surface area contributed by atoms with E-state index in [1.165, 1.54) is 0 Å². The second-order valence-corrected chi connectivity index (χ2v) is 10.6. The average Bonchev–Trinajstić information content (AvgIpc) is 3.79. The highest BCUT2D eigenvalue weighted by molar-refractivity contribution is 5.92. The van der Waals surface area contributed by atoms with Gasteiger partial charge in [0.05, 0.1) is 11.2 Å². The zero-order valence-corrected chi connectivity index (χ0v) is 21.3. The summed E-state index contributed by atoms with van der Waals surface area (Å²) in [5.41, 5.74) is 3.02. The van der Waals surface area contributed by atoms with Crippen LogP contribution in [0.3, 0.4) is 0 Å². The van der Waals surface area contributed by atoms with E-state index in [1.54, 1.807) is 25.6 Å².